The van der Waals surface area contributed by atoms with E-state index in [0.717, 1.165) is 29.7 Å². The second kappa shape index (κ2) is 11.8. The van der Waals surface area contributed by atoms with Crippen molar-refractivity contribution in [1.82, 2.24) is 15.5 Å². The van der Waals surface area contributed by atoms with E-state index in [0.29, 0.717) is 35.5 Å². The molecule has 1 fully saturated rings. The van der Waals surface area contributed by atoms with E-state index in [9.17, 15) is 4.79 Å². The Balaban J connectivity index is 0.00000320. The molecule has 0 aromatic heterocycles. The number of rotatable bonds is 6. The summed E-state index contributed by atoms with van der Waals surface area (Å²) in [6.45, 7) is 4.17. The third-order valence-electron chi connectivity index (χ3n) is 5.00. The third-order valence-corrected chi connectivity index (χ3v) is 5.56. The normalized spacial score (nSPS) is 15.0. The van der Waals surface area contributed by atoms with Gasteiger partial charge in [-0.25, -0.2) is 0 Å². The van der Waals surface area contributed by atoms with Gasteiger partial charge in [-0.2, -0.15) is 0 Å². The molecule has 162 valence electrons. The molecule has 1 aliphatic rings. The van der Waals surface area contributed by atoms with Gasteiger partial charge in [0.25, 0.3) is 0 Å². The number of hydrogen-bond acceptors (Lipinski definition) is 2. The van der Waals surface area contributed by atoms with Crippen molar-refractivity contribution in [2.45, 2.75) is 38.9 Å². The number of amides is 1. The molecule has 2 N–H and O–H groups in total. The van der Waals surface area contributed by atoms with Gasteiger partial charge in [-0.15, -0.1) is 24.0 Å². The molecular formula is C22H27Cl2IN4O. The molecule has 2 aromatic rings. The van der Waals surface area contributed by atoms with Crippen molar-refractivity contribution in [3.63, 3.8) is 0 Å². The second-order valence-electron chi connectivity index (χ2n) is 7.20. The maximum atomic E-state index is 11.9. The highest BCUT2D eigenvalue weighted by Crippen LogP contribution is 2.26. The maximum absolute atomic E-state index is 11.9. The fourth-order valence-electron chi connectivity index (χ4n) is 3.45. The lowest BCUT2D eigenvalue weighted by atomic mass is 10.1. The van der Waals surface area contributed by atoms with E-state index in [1.54, 1.807) is 13.1 Å². The fraction of sp³-hybridized carbons (Fsp3) is 0.364. The highest BCUT2D eigenvalue weighted by atomic mass is 127. The van der Waals surface area contributed by atoms with Crippen molar-refractivity contribution < 1.29 is 4.79 Å². The minimum absolute atomic E-state index is 0. The van der Waals surface area contributed by atoms with Gasteiger partial charge in [0.2, 0.25) is 5.91 Å². The van der Waals surface area contributed by atoms with Crippen LogP contribution in [0.4, 0.5) is 0 Å². The van der Waals surface area contributed by atoms with Crippen LogP contribution in [0.15, 0.2) is 47.5 Å². The molecule has 1 unspecified atom stereocenters. The second-order valence-corrected chi connectivity index (χ2v) is 8.04. The molecule has 1 heterocycles. The molecule has 0 radical (unpaired) electrons. The molecule has 0 saturated carbocycles. The van der Waals surface area contributed by atoms with Gasteiger partial charge in [0.05, 0.1) is 6.04 Å². The molecule has 1 aliphatic heterocycles. The van der Waals surface area contributed by atoms with Crippen LogP contribution in [0, 0.1) is 0 Å². The molecule has 0 bridgehead atoms. The maximum Gasteiger partial charge on any atom is 0.222 e. The molecule has 1 amide bonds. The summed E-state index contributed by atoms with van der Waals surface area (Å²) in [6.07, 6.45) is 1.62. The van der Waals surface area contributed by atoms with Crippen LogP contribution >= 0.6 is 47.2 Å². The Morgan fingerprint density at radius 1 is 1.20 bits per heavy atom. The van der Waals surface area contributed by atoms with Crippen molar-refractivity contribution in [1.29, 1.82) is 0 Å². The summed E-state index contributed by atoms with van der Waals surface area (Å²) in [4.78, 5) is 18.1. The van der Waals surface area contributed by atoms with Crippen LogP contribution in [-0.4, -0.2) is 30.4 Å². The summed E-state index contributed by atoms with van der Waals surface area (Å²) in [5.74, 6) is 0.927. The van der Waals surface area contributed by atoms with Gasteiger partial charge < -0.3 is 15.5 Å². The summed E-state index contributed by atoms with van der Waals surface area (Å²) in [6, 6.07) is 13.7. The van der Waals surface area contributed by atoms with Crippen molar-refractivity contribution in [2.75, 3.05) is 13.6 Å². The van der Waals surface area contributed by atoms with Gasteiger partial charge in [0, 0.05) is 43.1 Å². The topological polar surface area (TPSA) is 56.7 Å². The Morgan fingerprint density at radius 2 is 1.97 bits per heavy atom. The Bertz CT molecular complexity index is 906. The summed E-state index contributed by atoms with van der Waals surface area (Å²) < 4.78 is 0. The van der Waals surface area contributed by atoms with E-state index in [-0.39, 0.29) is 35.9 Å². The largest absolute Gasteiger partial charge is 0.352 e. The first-order chi connectivity index (χ1) is 14.0. The quantitative estimate of drug-likeness (QED) is 0.291. The van der Waals surface area contributed by atoms with Crippen LogP contribution in [0.5, 0.6) is 0 Å². The van der Waals surface area contributed by atoms with Gasteiger partial charge in [-0.1, -0.05) is 53.5 Å². The Labute approximate surface area is 205 Å². The standard InChI is InChI=1S/C22H26Cl2N4O.HI/c1-15(19-9-8-18(23)12-20(19)24)27-22(25-2)26-13-16-5-3-6-17(11-16)14-28-10-4-7-21(28)29;/h3,5-6,8-9,11-12,15H,4,7,10,13-14H2,1-2H3,(H2,25,26,27);1H. The zero-order chi connectivity index (χ0) is 20.8. The zero-order valence-electron chi connectivity index (χ0n) is 17.1. The van der Waals surface area contributed by atoms with Crippen LogP contribution in [0.3, 0.4) is 0 Å². The SMILES string of the molecule is CN=C(NCc1cccc(CN2CCCC2=O)c1)NC(C)c1ccc(Cl)cc1Cl.I. The summed E-state index contributed by atoms with van der Waals surface area (Å²) >= 11 is 12.3. The molecule has 1 atom stereocenters. The van der Waals surface area contributed by atoms with E-state index in [1.807, 2.05) is 30.0 Å². The predicted octanol–water partition coefficient (Wildman–Crippen LogP) is 5.16. The molecule has 2 aromatic carbocycles. The van der Waals surface area contributed by atoms with E-state index >= 15 is 0 Å². The number of halogens is 3. The lowest BCUT2D eigenvalue weighted by molar-refractivity contribution is -0.128. The monoisotopic (exact) mass is 560 g/mol. The third kappa shape index (κ3) is 6.75. The van der Waals surface area contributed by atoms with Crippen molar-refractivity contribution in [3.05, 3.63) is 69.2 Å². The first-order valence-corrected chi connectivity index (χ1v) is 10.5. The van der Waals surface area contributed by atoms with Crippen LogP contribution < -0.4 is 10.6 Å². The lowest BCUT2D eigenvalue weighted by Gasteiger charge is -2.20. The van der Waals surface area contributed by atoms with E-state index < -0.39 is 0 Å². The van der Waals surface area contributed by atoms with E-state index in [1.165, 1.54) is 0 Å². The van der Waals surface area contributed by atoms with Crippen LogP contribution in [0.1, 0.15) is 42.5 Å². The molecule has 30 heavy (non-hydrogen) atoms. The molecule has 0 aliphatic carbocycles. The van der Waals surface area contributed by atoms with Crippen LogP contribution in [0.25, 0.3) is 0 Å². The number of likely N-dealkylation sites (tertiary alicyclic amines) is 1. The fourth-order valence-corrected chi connectivity index (χ4v) is 4.02. The first kappa shape index (κ1) is 24.8. The average Bonchev–Trinajstić information content (AvgIpc) is 3.09. The Kier molecular flexibility index (Phi) is 9.71. The Morgan fingerprint density at radius 3 is 2.63 bits per heavy atom. The van der Waals surface area contributed by atoms with E-state index in [4.69, 9.17) is 23.2 Å². The van der Waals surface area contributed by atoms with Gasteiger partial charge >= 0.3 is 0 Å². The van der Waals surface area contributed by atoms with Gasteiger partial charge in [0.1, 0.15) is 0 Å². The number of benzene rings is 2. The molecule has 5 nitrogen and oxygen atoms in total. The minimum atomic E-state index is -0.0292. The van der Waals surface area contributed by atoms with Crippen molar-refractivity contribution in [3.8, 4) is 0 Å². The molecule has 3 rings (SSSR count). The smallest absolute Gasteiger partial charge is 0.222 e. The van der Waals surface area contributed by atoms with Crippen LogP contribution in [-0.2, 0) is 17.9 Å². The number of carbonyl (C=O) groups excluding carboxylic acids is 1. The summed E-state index contributed by atoms with van der Waals surface area (Å²) in [7, 11) is 1.74. The lowest BCUT2D eigenvalue weighted by Crippen LogP contribution is -2.38. The number of hydrogen-bond donors (Lipinski definition) is 2. The van der Waals surface area contributed by atoms with Gasteiger partial charge in [-0.05, 0) is 42.2 Å². The first-order valence-electron chi connectivity index (χ1n) is 9.74. The van der Waals surface area contributed by atoms with Crippen LogP contribution in [0.2, 0.25) is 10.0 Å². The van der Waals surface area contributed by atoms with Gasteiger partial charge in [0.15, 0.2) is 5.96 Å². The van der Waals surface area contributed by atoms with Crippen molar-refractivity contribution in [2.24, 2.45) is 4.99 Å². The number of nitrogens with zero attached hydrogens (tertiary/aromatic N) is 2. The molecule has 0 spiro atoms. The molecule has 1 saturated heterocycles. The average molecular weight is 561 g/mol. The highest BCUT2D eigenvalue weighted by Gasteiger charge is 2.20. The minimum Gasteiger partial charge on any atom is -0.352 e. The Hall–Kier alpha value is -1.51. The number of guanidine groups is 1. The number of aliphatic imine (C=N–C) groups is 1. The van der Waals surface area contributed by atoms with Gasteiger partial charge in [-0.3, -0.25) is 9.79 Å². The molecule has 8 heteroatoms. The predicted molar refractivity (Wildman–Crippen MR) is 135 cm³/mol. The van der Waals surface area contributed by atoms with Crippen molar-refractivity contribution >= 4 is 59.0 Å². The number of nitrogens with one attached hydrogen (secondary N) is 2. The molecular weight excluding hydrogens is 534 g/mol. The summed E-state index contributed by atoms with van der Waals surface area (Å²) in [5, 5.41) is 7.92. The summed E-state index contributed by atoms with van der Waals surface area (Å²) in [5.41, 5.74) is 3.23. The highest BCUT2D eigenvalue weighted by molar-refractivity contribution is 14.0. The number of carbonyl (C=O) groups is 1. The van der Waals surface area contributed by atoms with E-state index in [2.05, 4.69) is 33.8 Å². The zero-order valence-corrected chi connectivity index (χ0v) is 21.0.